The fourth-order valence-electron chi connectivity index (χ4n) is 3.85. The maximum atomic E-state index is 13.2. The van der Waals surface area contributed by atoms with Crippen molar-refractivity contribution in [2.24, 2.45) is 0 Å². The molecule has 5 aromatic rings. The van der Waals surface area contributed by atoms with Gasteiger partial charge in [0.1, 0.15) is 28.7 Å². The smallest absolute Gasteiger partial charge is 0.182 e. The molecule has 0 fully saturated rings. The molecule has 36 heavy (non-hydrogen) atoms. The maximum absolute atomic E-state index is 13.2. The second kappa shape index (κ2) is 10.3. The first-order valence-electron chi connectivity index (χ1n) is 11.4. The lowest BCUT2D eigenvalue weighted by atomic mass is 10.0. The Morgan fingerprint density at radius 2 is 1.19 bits per heavy atom. The Balaban J connectivity index is 1.50. The minimum Gasteiger partial charge on any atom is -0.497 e. The lowest BCUT2D eigenvalue weighted by Crippen LogP contribution is -2.33. The molecule has 5 rings (SSSR count). The lowest BCUT2D eigenvalue weighted by molar-refractivity contribution is -0.688. The Bertz CT molecular complexity index is 1450. The number of rotatable bonds is 7. The van der Waals surface area contributed by atoms with Gasteiger partial charge in [0.15, 0.2) is 24.8 Å². The van der Waals surface area contributed by atoms with Crippen LogP contribution in [0.5, 0.6) is 11.5 Å². The molecule has 0 saturated carbocycles. The molecule has 2 heterocycles. The minimum absolute atomic E-state index is 0.241. The van der Waals surface area contributed by atoms with Crippen LogP contribution in [-0.2, 0) is 6.54 Å². The highest BCUT2D eigenvalue weighted by Gasteiger charge is 2.16. The molecule has 0 N–H and O–H groups in total. The molecule has 0 saturated heterocycles. The molecular formula is C29H24FN4O2+. The third-order valence-corrected chi connectivity index (χ3v) is 5.84. The van der Waals surface area contributed by atoms with E-state index in [2.05, 4.69) is 10.2 Å². The summed E-state index contributed by atoms with van der Waals surface area (Å²) in [6, 6.07) is 25.8. The van der Waals surface area contributed by atoms with Crippen LogP contribution < -0.4 is 14.0 Å². The molecule has 0 aliphatic carbocycles. The van der Waals surface area contributed by atoms with E-state index in [0.717, 1.165) is 39.4 Å². The van der Waals surface area contributed by atoms with E-state index in [9.17, 15) is 4.39 Å². The zero-order chi connectivity index (χ0) is 24.9. The summed E-state index contributed by atoms with van der Waals surface area (Å²) in [6.45, 7) is 0.632. The van der Waals surface area contributed by atoms with Crippen molar-refractivity contribution in [2.75, 3.05) is 14.2 Å². The van der Waals surface area contributed by atoms with E-state index >= 15 is 0 Å². The fourth-order valence-corrected chi connectivity index (χ4v) is 3.85. The van der Waals surface area contributed by atoms with Crippen LogP contribution in [0.25, 0.3) is 33.9 Å². The number of halogens is 1. The van der Waals surface area contributed by atoms with Crippen LogP contribution in [0.3, 0.4) is 0 Å². The average Bonchev–Trinajstić information content (AvgIpc) is 2.94. The van der Waals surface area contributed by atoms with Crippen molar-refractivity contribution in [3.63, 3.8) is 0 Å². The lowest BCUT2D eigenvalue weighted by Gasteiger charge is -2.11. The van der Waals surface area contributed by atoms with Gasteiger partial charge in [0, 0.05) is 34.4 Å². The highest BCUT2D eigenvalue weighted by molar-refractivity contribution is 5.79. The van der Waals surface area contributed by atoms with Gasteiger partial charge in [0.05, 0.1) is 14.2 Å². The summed E-state index contributed by atoms with van der Waals surface area (Å²) in [5.41, 5.74) is 5.04. The van der Waals surface area contributed by atoms with Crippen molar-refractivity contribution in [3.05, 3.63) is 109 Å². The van der Waals surface area contributed by atoms with E-state index in [0.29, 0.717) is 18.1 Å². The Labute approximate surface area is 208 Å². The van der Waals surface area contributed by atoms with Gasteiger partial charge in [-0.15, -0.1) is 10.2 Å². The number of hydrogen-bond acceptors (Lipinski definition) is 5. The van der Waals surface area contributed by atoms with Crippen LogP contribution in [0.1, 0.15) is 5.56 Å². The van der Waals surface area contributed by atoms with Gasteiger partial charge in [-0.05, 0) is 72.8 Å². The van der Waals surface area contributed by atoms with Crippen LogP contribution in [0, 0.1) is 5.82 Å². The zero-order valence-corrected chi connectivity index (χ0v) is 19.9. The molecule has 3 aromatic carbocycles. The average molecular weight is 480 g/mol. The second-order valence-electron chi connectivity index (χ2n) is 8.18. The number of ether oxygens (including phenoxy) is 2. The Morgan fingerprint density at radius 1 is 0.639 bits per heavy atom. The Kier molecular flexibility index (Phi) is 6.62. The van der Waals surface area contributed by atoms with Crippen LogP contribution in [0.15, 0.2) is 97.3 Å². The van der Waals surface area contributed by atoms with Crippen molar-refractivity contribution in [3.8, 4) is 45.4 Å². The van der Waals surface area contributed by atoms with Crippen molar-refractivity contribution in [2.45, 2.75) is 6.54 Å². The van der Waals surface area contributed by atoms with Gasteiger partial charge in [-0.1, -0.05) is 0 Å². The van der Waals surface area contributed by atoms with E-state index in [1.165, 1.54) is 12.1 Å². The molecule has 2 aromatic heterocycles. The van der Waals surface area contributed by atoms with Crippen molar-refractivity contribution >= 4 is 0 Å². The van der Waals surface area contributed by atoms with Gasteiger partial charge in [0.2, 0.25) is 0 Å². The normalized spacial score (nSPS) is 10.8. The van der Waals surface area contributed by atoms with Crippen LogP contribution in [0.2, 0.25) is 0 Å². The van der Waals surface area contributed by atoms with Gasteiger partial charge in [-0.25, -0.2) is 13.9 Å². The van der Waals surface area contributed by atoms with Crippen molar-refractivity contribution in [1.82, 2.24) is 15.2 Å². The van der Waals surface area contributed by atoms with E-state index in [1.807, 2.05) is 77.6 Å². The third-order valence-electron chi connectivity index (χ3n) is 5.84. The third kappa shape index (κ3) is 5.05. The first-order chi connectivity index (χ1) is 17.6. The molecule has 0 spiro atoms. The first kappa shape index (κ1) is 23.1. The molecular weight excluding hydrogens is 455 g/mol. The van der Waals surface area contributed by atoms with Gasteiger partial charge >= 0.3 is 0 Å². The minimum atomic E-state index is -0.241. The largest absolute Gasteiger partial charge is 0.497 e. The van der Waals surface area contributed by atoms with Crippen LogP contribution >= 0.6 is 0 Å². The number of nitrogens with zero attached hydrogens (tertiary/aromatic N) is 4. The van der Waals surface area contributed by atoms with E-state index in [-0.39, 0.29) is 5.82 Å². The van der Waals surface area contributed by atoms with Gasteiger partial charge in [-0.2, -0.15) is 0 Å². The number of pyridine rings is 1. The molecule has 0 aliphatic rings. The topological polar surface area (TPSA) is 61.0 Å². The molecule has 7 heteroatoms. The van der Waals surface area contributed by atoms with Crippen LogP contribution in [-0.4, -0.2) is 29.4 Å². The number of hydrogen-bond donors (Lipinski definition) is 0. The SMILES string of the molecule is COc1ccc(-c2nnc(-c3cc[n+](Cc4ccc(F)cc4)cc3)nc2-c2ccc(OC)cc2)cc1. The van der Waals surface area contributed by atoms with E-state index in [4.69, 9.17) is 14.5 Å². The summed E-state index contributed by atoms with van der Waals surface area (Å²) >= 11 is 0. The maximum Gasteiger partial charge on any atom is 0.182 e. The number of aromatic nitrogens is 4. The van der Waals surface area contributed by atoms with E-state index < -0.39 is 0 Å². The quantitative estimate of drug-likeness (QED) is 0.294. The molecule has 178 valence electrons. The van der Waals surface area contributed by atoms with Gasteiger partial charge in [-0.3, -0.25) is 0 Å². The predicted molar refractivity (Wildman–Crippen MR) is 135 cm³/mol. The second-order valence-corrected chi connectivity index (χ2v) is 8.18. The van der Waals surface area contributed by atoms with Crippen molar-refractivity contribution < 1.29 is 18.4 Å². The summed E-state index contributed by atoms with van der Waals surface area (Å²) in [5.74, 6) is 1.81. The molecule has 0 atom stereocenters. The van der Waals surface area contributed by atoms with Crippen LogP contribution in [0.4, 0.5) is 4.39 Å². The predicted octanol–water partition coefficient (Wildman–Crippen LogP) is 5.36. The molecule has 0 aliphatic heterocycles. The summed E-state index contributed by atoms with van der Waals surface area (Å²) in [7, 11) is 3.27. The summed E-state index contributed by atoms with van der Waals surface area (Å²) in [4.78, 5) is 4.91. The number of benzene rings is 3. The Morgan fingerprint density at radius 3 is 1.75 bits per heavy atom. The molecule has 0 bridgehead atoms. The van der Waals surface area contributed by atoms with E-state index in [1.54, 1.807) is 26.4 Å². The monoisotopic (exact) mass is 479 g/mol. The number of methoxy groups -OCH3 is 2. The summed E-state index contributed by atoms with van der Waals surface area (Å²) in [6.07, 6.45) is 3.90. The zero-order valence-electron chi connectivity index (χ0n) is 19.9. The fraction of sp³-hybridized carbons (Fsp3) is 0.103. The summed E-state index contributed by atoms with van der Waals surface area (Å²) in [5, 5.41) is 9.01. The Hall–Kier alpha value is -4.65. The van der Waals surface area contributed by atoms with Gasteiger partial charge < -0.3 is 9.47 Å². The first-order valence-corrected chi connectivity index (χ1v) is 11.4. The highest BCUT2D eigenvalue weighted by atomic mass is 19.1. The highest BCUT2D eigenvalue weighted by Crippen LogP contribution is 2.31. The summed E-state index contributed by atoms with van der Waals surface area (Å²) < 4.78 is 25.8. The molecule has 6 nitrogen and oxygen atoms in total. The van der Waals surface area contributed by atoms with Crippen molar-refractivity contribution in [1.29, 1.82) is 0 Å². The van der Waals surface area contributed by atoms with Gasteiger partial charge in [0.25, 0.3) is 0 Å². The molecule has 0 unspecified atom stereocenters. The standard InChI is InChI=1S/C29H24FN4O2/c1-35-25-11-5-21(6-12-25)27-28(22-7-13-26(36-2)14-8-22)32-33-29(31-27)23-15-17-34(18-16-23)19-20-3-9-24(30)10-4-20/h3-18H,19H2,1-2H3/q+1. The molecule has 0 radical (unpaired) electrons. The molecule has 0 amide bonds.